The number of hydrogen-bond donors (Lipinski definition) is 0. The number of rotatable bonds is 2. The van der Waals surface area contributed by atoms with Crippen molar-refractivity contribution in [1.82, 2.24) is 0 Å². The Balaban J connectivity index is 2.65. The fourth-order valence-corrected chi connectivity index (χ4v) is 2.24. The Labute approximate surface area is 108 Å². The Morgan fingerprint density at radius 1 is 1.42 bits per heavy atom. The third-order valence-electron chi connectivity index (χ3n) is 3.40. The molecule has 0 saturated heterocycles. The zero-order valence-corrected chi connectivity index (χ0v) is 10.5. The summed E-state index contributed by atoms with van der Waals surface area (Å²) in [5.41, 5.74) is -1.82. The molecule has 104 valence electrons. The normalized spacial score (nSPS) is 22.8. The molecule has 1 aromatic carbocycles. The van der Waals surface area contributed by atoms with E-state index in [9.17, 15) is 18.0 Å². The molecule has 1 aliphatic rings. The summed E-state index contributed by atoms with van der Waals surface area (Å²) in [6.45, 7) is 0.957. The molecule has 2 rings (SSSR count). The van der Waals surface area contributed by atoms with Crippen LogP contribution in [0.3, 0.4) is 0 Å². The van der Waals surface area contributed by atoms with Crippen molar-refractivity contribution in [3.05, 3.63) is 28.8 Å². The maximum absolute atomic E-state index is 13.2. The average Bonchev–Trinajstić information content (AvgIpc) is 2.36. The van der Waals surface area contributed by atoms with E-state index < -0.39 is 11.8 Å². The quantitative estimate of drug-likeness (QED) is 0.778. The fraction of sp³-hybridized carbons (Fsp3) is 0.462. The van der Waals surface area contributed by atoms with Gasteiger partial charge in [0.2, 0.25) is 0 Å². The molecule has 3 nitrogen and oxygen atoms in total. The van der Waals surface area contributed by atoms with Gasteiger partial charge in [-0.2, -0.15) is 13.2 Å². The predicted octanol–water partition coefficient (Wildman–Crippen LogP) is 2.86. The maximum atomic E-state index is 13.2. The highest BCUT2D eigenvalue weighted by Crippen LogP contribution is 2.46. The average molecular weight is 274 g/mol. The van der Waals surface area contributed by atoms with Crippen molar-refractivity contribution in [2.75, 3.05) is 13.7 Å². The SMILES string of the molecule is COc1cc2c(cc1C=O)C(C)(C(F)(F)F)OCC2. The van der Waals surface area contributed by atoms with Crippen molar-refractivity contribution >= 4 is 6.29 Å². The van der Waals surface area contributed by atoms with Crippen molar-refractivity contribution in [1.29, 1.82) is 0 Å². The van der Waals surface area contributed by atoms with Gasteiger partial charge in [-0.15, -0.1) is 0 Å². The van der Waals surface area contributed by atoms with E-state index in [-0.39, 0.29) is 23.5 Å². The maximum Gasteiger partial charge on any atom is 0.421 e. The van der Waals surface area contributed by atoms with Crippen LogP contribution in [0.4, 0.5) is 13.2 Å². The summed E-state index contributed by atoms with van der Waals surface area (Å²) in [6, 6.07) is 2.68. The number of fused-ring (bicyclic) bond motifs is 1. The molecule has 0 fully saturated rings. The molecule has 19 heavy (non-hydrogen) atoms. The topological polar surface area (TPSA) is 35.5 Å². The first-order valence-corrected chi connectivity index (χ1v) is 5.70. The number of aldehydes is 1. The van der Waals surface area contributed by atoms with Crippen LogP contribution in [0.15, 0.2) is 12.1 Å². The molecular formula is C13H13F3O3. The molecule has 0 radical (unpaired) electrons. The van der Waals surface area contributed by atoms with Gasteiger partial charge in [-0.1, -0.05) is 0 Å². The van der Waals surface area contributed by atoms with Crippen LogP contribution >= 0.6 is 0 Å². The van der Waals surface area contributed by atoms with Crippen LogP contribution in [-0.4, -0.2) is 26.2 Å². The van der Waals surface area contributed by atoms with Crippen molar-refractivity contribution in [3.8, 4) is 5.75 Å². The predicted molar refractivity (Wildman–Crippen MR) is 61.4 cm³/mol. The standard InChI is InChI=1S/C13H13F3O3/c1-12(13(14,15)16)10-5-9(7-17)11(18-2)6-8(10)3-4-19-12/h5-7H,3-4H2,1-2H3. The highest BCUT2D eigenvalue weighted by Gasteiger charge is 2.55. The van der Waals surface area contributed by atoms with Gasteiger partial charge in [0, 0.05) is 0 Å². The van der Waals surface area contributed by atoms with Crippen LogP contribution in [0.1, 0.15) is 28.4 Å². The number of ether oxygens (including phenoxy) is 2. The first-order chi connectivity index (χ1) is 8.83. The Morgan fingerprint density at radius 3 is 2.63 bits per heavy atom. The lowest BCUT2D eigenvalue weighted by molar-refractivity contribution is -0.281. The number of alkyl halides is 3. The summed E-state index contributed by atoms with van der Waals surface area (Å²) >= 11 is 0. The Kier molecular flexibility index (Phi) is 3.30. The van der Waals surface area contributed by atoms with Crippen LogP contribution in [-0.2, 0) is 16.8 Å². The molecule has 1 unspecified atom stereocenters. The number of hydrogen-bond acceptors (Lipinski definition) is 3. The molecule has 0 saturated carbocycles. The van der Waals surface area contributed by atoms with Crippen LogP contribution in [0.5, 0.6) is 5.75 Å². The van der Waals surface area contributed by atoms with Crippen LogP contribution < -0.4 is 4.74 Å². The van der Waals surface area contributed by atoms with Gasteiger partial charge in [0.05, 0.1) is 19.3 Å². The van der Waals surface area contributed by atoms with Gasteiger partial charge in [0.1, 0.15) is 5.75 Å². The van der Waals surface area contributed by atoms with E-state index in [4.69, 9.17) is 9.47 Å². The summed E-state index contributed by atoms with van der Waals surface area (Å²) in [6.07, 6.45) is -3.71. The molecular weight excluding hydrogens is 261 g/mol. The van der Waals surface area contributed by atoms with Gasteiger partial charge in [0.15, 0.2) is 11.9 Å². The lowest BCUT2D eigenvalue weighted by Gasteiger charge is -2.37. The Bertz CT molecular complexity index is 511. The first kappa shape index (κ1) is 13.9. The number of halogens is 3. The van der Waals surface area contributed by atoms with Gasteiger partial charge in [-0.3, -0.25) is 4.79 Å². The van der Waals surface area contributed by atoms with E-state index in [2.05, 4.69) is 0 Å². The smallest absolute Gasteiger partial charge is 0.421 e. The molecule has 1 aromatic rings. The summed E-state index contributed by atoms with van der Waals surface area (Å²) < 4.78 is 49.5. The first-order valence-electron chi connectivity index (χ1n) is 5.70. The third kappa shape index (κ3) is 2.10. The number of methoxy groups -OCH3 is 1. The molecule has 0 aliphatic carbocycles. The summed E-state index contributed by atoms with van der Waals surface area (Å²) in [4.78, 5) is 10.9. The Morgan fingerprint density at radius 2 is 2.11 bits per heavy atom. The second kappa shape index (κ2) is 4.52. The molecule has 6 heteroatoms. The van der Waals surface area contributed by atoms with E-state index in [0.29, 0.717) is 18.3 Å². The molecule has 1 heterocycles. The molecule has 0 amide bonds. The molecule has 0 aromatic heterocycles. The van der Waals surface area contributed by atoms with Gasteiger partial charge < -0.3 is 9.47 Å². The molecule has 0 bridgehead atoms. The summed E-state index contributed by atoms with van der Waals surface area (Å²) in [7, 11) is 1.37. The zero-order valence-electron chi connectivity index (χ0n) is 10.5. The fourth-order valence-electron chi connectivity index (χ4n) is 2.24. The Hall–Kier alpha value is -1.56. The summed E-state index contributed by atoms with van der Waals surface area (Å²) in [5, 5.41) is 0. The van der Waals surface area contributed by atoms with Gasteiger partial charge in [-0.25, -0.2) is 0 Å². The van der Waals surface area contributed by atoms with Crippen molar-refractivity contribution in [3.63, 3.8) is 0 Å². The minimum absolute atomic E-state index is 0.0193. The lowest BCUT2D eigenvalue weighted by Crippen LogP contribution is -2.45. The monoisotopic (exact) mass is 274 g/mol. The number of carbonyl (C=O) groups excluding carboxylic acids is 1. The van der Waals surface area contributed by atoms with Crippen LogP contribution in [0.2, 0.25) is 0 Å². The number of carbonyl (C=O) groups is 1. The van der Waals surface area contributed by atoms with Crippen LogP contribution in [0, 0.1) is 0 Å². The minimum atomic E-state index is -4.54. The van der Waals surface area contributed by atoms with Gasteiger partial charge >= 0.3 is 6.18 Å². The van der Waals surface area contributed by atoms with Gasteiger partial charge in [0.25, 0.3) is 0 Å². The lowest BCUT2D eigenvalue weighted by atomic mass is 9.85. The van der Waals surface area contributed by atoms with Crippen molar-refractivity contribution < 1.29 is 27.4 Å². The van der Waals surface area contributed by atoms with E-state index in [0.717, 1.165) is 6.92 Å². The van der Waals surface area contributed by atoms with E-state index in [1.807, 2.05) is 0 Å². The van der Waals surface area contributed by atoms with E-state index in [1.165, 1.54) is 19.2 Å². The molecule has 1 atom stereocenters. The van der Waals surface area contributed by atoms with Crippen LogP contribution in [0.25, 0.3) is 0 Å². The largest absolute Gasteiger partial charge is 0.496 e. The third-order valence-corrected chi connectivity index (χ3v) is 3.40. The highest BCUT2D eigenvalue weighted by molar-refractivity contribution is 5.80. The second-order valence-corrected chi connectivity index (χ2v) is 4.50. The zero-order chi connectivity index (χ0) is 14.3. The summed E-state index contributed by atoms with van der Waals surface area (Å²) in [5.74, 6) is 0.278. The van der Waals surface area contributed by atoms with Crippen molar-refractivity contribution in [2.45, 2.75) is 25.1 Å². The van der Waals surface area contributed by atoms with E-state index in [1.54, 1.807) is 0 Å². The molecule has 0 spiro atoms. The van der Waals surface area contributed by atoms with Gasteiger partial charge in [-0.05, 0) is 36.6 Å². The number of benzene rings is 1. The second-order valence-electron chi connectivity index (χ2n) is 4.50. The molecule has 1 aliphatic heterocycles. The van der Waals surface area contributed by atoms with E-state index >= 15 is 0 Å². The highest BCUT2D eigenvalue weighted by atomic mass is 19.4. The van der Waals surface area contributed by atoms with Crippen molar-refractivity contribution in [2.24, 2.45) is 0 Å². The minimum Gasteiger partial charge on any atom is -0.496 e. The molecule has 0 N–H and O–H groups in total.